The molecule has 3 rings (SSSR count). The average molecular weight is 329 g/mol. The Labute approximate surface area is 140 Å². The number of halogens is 1. The van der Waals surface area contributed by atoms with E-state index in [9.17, 15) is 9.18 Å². The monoisotopic (exact) mass is 329 g/mol. The van der Waals surface area contributed by atoms with Gasteiger partial charge in [-0.05, 0) is 42.7 Å². The van der Waals surface area contributed by atoms with Crippen LogP contribution in [0.15, 0.2) is 36.5 Å². The van der Waals surface area contributed by atoms with E-state index >= 15 is 0 Å². The first kappa shape index (κ1) is 16.2. The summed E-state index contributed by atoms with van der Waals surface area (Å²) in [5, 5.41) is 2.77. The van der Waals surface area contributed by atoms with Crippen molar-refractivity contribution in [1.82, 2.24) is 10.3 Å². The SMILES string of the molecule is COc1ccc(F)cc1C(=O)NCc1ccc(N2CCCC2)nc1. The maximum absolute atomic E-state index is 13.3. The minimum Gasteiger partial charge on any atom is -0.496 e. The molecule has 5 nitrogen and oxygen atoms in total. The van der Waals surface area contributed by atoms with Gasteiger partial charge in [0.2, 0.25) is 0 Å². The number of anilines is 1. The number of benzene rings is 1. The van der Waals surface area contributed by atoms with Crippen LogP contribution in [0, 0.1) is 5.82 Å². The number of methoxy groups -OCH3 is 1. The van der Waals surface area contributed by atoms with Crippen LogP contribution in [-0.2, 0) is 6.54 Å². The Kier molecular flexibility index (Phi) is 4.93. The van der Waals surface area contributed by atoms with Crippen molar-refractivity contribution in [1.29, 1.82) is 0 Å². The number of aromatic nitrogens is 1. The molecule has 1 saturated heterocycles. The number of ether oxygens (including phenoxy) is 1. The first-order chi connectivity index (χ1) is 11.7. The fourth-order valence-electron chi connectivity index (χ4n) is 2.79. The van der Waals surface area contributed by atoms with Gasteiger partial charge in [-0.3, -0.25) is 4.79 Å². The van der Waals surface area contributed by atoms with Crippen LogP contribution in [0.3, 0.4) is 0 Å². The normalized spacial score (nSPS) is 13.8. The van der Waals surface area contributed by atoms with E-state index in [1.807, 2.05) is 12.1 Å². The Morgan fingerprint density at radius 2 is 2.08 bits per heavy atom. The molecule has 0 aliphatic carbocycles. The van der Waals surface area contributed by atoms with Crippen LogP contribution >= 0.6 is 0 Å². The van der Waals surface area contributed by atoms with E-state index in [-0.39, 0.29) is 11.5 Å². The zero-order valence-corrected chi connectivity index (χ0v) is 13.6. The van der Waals surface area contributed by atoms with Crippen LogP contribution in [-0.4, -0.2) is 31.1 Å². The second-order valence-electron chi connectivity index (χ2n) is 5.75. The summed E-state index contributed by atoms with van der Waals surface area (Å²) in [7, 11) is 1.45. The highest BCUT2D eigenvalue weighted by Gasteiger charge is 2.15. The van der Waals surface area contributed by atoms with Gasteiger partial charge in [-0.25, -0.2) is 9.37 Å². The van der Waals surface area contributed by atoms with Crippen LogP contribution in [0.5, 0.6) is 5.75 Å². The molecule has 1 aliphatic heterocycles. The second kappa shape index (κ2) is 7.29. The third kappa shape index (κ3) is 3.64. The maximum atomic E-state index is 13.3. The van der Waals surface area contributed by atoms with Gasteiger partial charge in [0.25, 0.3) is 5.91 Å². The molecule has 0 saturated carbocycles. The zero-order valence-electron chi connectivity index (χ0n) is 13.6. The summed E-state index contributed by atoms with van der Waals surface area (Å²) in [5.74, 6) is 0.457. The van der Waals surface area contributed by atoms with Crippen molar-refractivity contribution in [3.8, 4) is 5.75 Å². The van der Waals surface area contributed by atoms with Crippen molar-refractivity contribution in [2.75, 3.05) is 25.1 Å². The van der Waals surface area contributed by atoms with Gasteiger partial charge in [-0.2, -0.15) is 0 Å². The number of carbonyl (C=O) groups excluding carboxylic acids is 1. The number of nitrogens with zero attached hydrogens (tertiary/aromatic N) is 2. The smallest absolute Gasteiger partial charge is 0.255 e. The fourth-order valence-corrected chi connectivity index (χ4v) is 2.79. The van der Waals surface area contributed by atoms with Crippen molar-refractivity contribution < 1.29 is 13.9 Å². The number of rotatable bonds is 5. The third-order valence-corrected chi connectivity index (χ3v) is 4.10. The lowest BCUT2D eigenvalue weighted by atomic mass is 10.1. The summed E-state index contributed by atoms with van der Waals surface area (Å²) in [6.07, 6.45) is 4.17. The summed E-state index contributed by atoms with van der Waals surface area (Å²) in [5.41, 5.74) is 1.07. The molecular weight excluding hydrogens is 309 g/mol. The summed E-state index contributed by atoms with van der Waals surface area (Å²) in [6, 6.07) is 7.79. The van der Waals surface area contributed by atoms with Crippen molar-refractivity contribution in [3.05, 3.63) is 53.5 Å². The molecule has 2 heterocycles. The van der Waals surface area contributed by atoms with E-state index in [0.29, 0.717) is 12.3 Å². The van der Waals surface area contributed by atoms with Gasteiger partial charge >= 0.3 is 0 Å². The van der Waals surface area contributed by atoms with Crippen molar-refractivity contribution in [2.45, 2.75) is 19.4 Å². The third-order valence-electron chi connectivity index (χ3n) is 4.10. The molecule has 0 radical (unpaired) electrons. The second-order valence-corrected chi connectivity index (χ2v) is 5.75. The van der Waals surface area contributed by atoms with E-state index in [1.54, 1.807) is 6.20 Å². The van der Waals surface area contributed by atoms with Crippen molar-refractivity contribution in [2.24, 2.45) is 0 Å². The predicted octanol–water partition coefficient (Wildman–Crippen LogP) is 2.76. The van der Waals surface area contributed by atoms with Gasteiger partial charge in [0.05, 0.1) is 12.7 Å². The highest BCUT2D eigenvalue weighted by molar-refractivity contribution is 5.96. The summed E-state index contributed by atoms with van der Waals surface area (Å²) in [4.78, 5) is 18.9. The number of amides is 1. The molecule has 0 unspecified atom stereocenters. The lowest BCUT2D eigenvalue weighted by Crippen LogP contribution is -2.24. The Morgan fingerprint density at radius 1 is 1.29 bits per heavy atom. The molecule has 1 aliphatic rings. The lowest BCUT2D eigenvalue weighted by molar-refractivity contribution is 0.0947. The van der Waals surface area contributed by atoms with Gasteiger partial charge in [0, 0.05) is 25.8 Å². The van der Waals surface area contributed by atoms with Crippen molar-refractivity contribution >= 4 is 11.7 Å². The van der Waals surface area contributed by atoms with E-state index in [1.165, 1.54) is 38.2 Å². The number of nitrogens with one attached hydrogen (secondary N) is 1. The van der Waals surface area contributed by atoms with Gasteiger partial charge in [0.1, 0.15) is 17.4 Å². The van der Waals surface area contributed by atoms with E-state index < -0.39 is 5.82 Å². The number of hydrogen-bond donors (Lipinski definition) is 1. The maximum Gasteiger partial charge on any atom is 0.255 e. The zero-order chi connectivity index (χ0) is 16.9. The molecule has 1 aromatic carbocycles. The molecule has 0 atom stereocenters. The van der Waals surface area contributed by atoms with Gasteiger partial charge in [-0.15, -0.1) is 0 Å². The molecule has 1 amide bonds. The Balaban J connectivity index is 1.63. The molecule has 1 aromatic heterocycles. The number of carbonyl (C=O) groups is 1. The topological polar surface area (TPSA) is 54.5 Å². The first-order valence-corrected chi connectivity index (χ1v) is 7.99. The molecule has 0 bridgehead atoms. The van der Waals surface area contributed by atoms with Crippen LogP contribution < -0.4 is 15.0 Å². The molecule has 0 spiro atoms. The highest BCUT2D eigenvalue weighted by atomic mass is 19.1. The molecule has 6 heteroatoms. The highest BCUT2D eigenvalue weighted by Crippen LogP contribution is 2.20. The summed E-state index contributed by atoms with van der Waals surface area (Å²) in [6.45, 7) is 2.41. The summed E-state index contributed by atoms with van der Waals surface area (Å²) >= 11 is 0. The van der Waals surface area contributed by atoms with Crippen LogP contribution in [0.4, 0.5) is 10.2 Å². The number of pyridine rings is 1. The quantitative estimate of drug-likeness (QED) is 0.916. The molecule has 1 N–H and O–H groups in total. The van der Waals surface area contributed by atoms with Crippen LogP contribution in [0.1, 0.15) is 28.8 Å². The molecule has 1 fully saturated rings. The van der Waals surface area contributed by atoms with Gasteiger partial charge in [-0.1, -0.05) is 6.07 Å². The van der Waals surface area contributed by atoms with Crippen LogP contribution in [0.2, 0.25) is 0 Å². The van der Waals surface area contributed by atoms with Gasteiger partial charge < -0.3 is 15.0 Å². The van der Waals surface area contributed by atoms with Crippen molar-refractivity contribution in [3.63, 3.8) is 0 Å². The van der Waals surface area contributed by atoms with E-state index in [0.717, 1.165) is 24.5 Å². The van der Waals surface area contributed by atoms with Crippen LogP contribution in [0.25, 0.3) is 0 Å². The Hall–Kier alpha value is -2.63. The molecule has 2 aromatic rings. The summed E-state index contributed by atoms with van der Waals surface area (Å²) < 4.78 is 18.5. The molecular formula is C18H20FN3O2. The lowest BCUT2D eigenvalue weighted by Gasteiger charge is -2.16. The fraction of sp³-hybridized carbons (Fsp3) is 0.333. The molecule has 126 valence electrons. The largest absolute Gasteiger partial charge is 0.496 e. The Bertz CT molecular complexity index is 713. The number of hydrogen-bond acceptors (Lipinski definition) is 4. The Morgan fingerprint density at radius 3 is 2.75 bits per heavy atom. The van der Waals surface area contributed by atoms with E-state index in [4.69, 9.17) is 4.74 Å². The predicted molar refractivity (Wildman–Crippen MR) is 89.8 cm³/mol. The average Bonchev–Trinajstić information content (AvgIpc) is 3.14. The first-order valence-electron chi connectivity index (χ1n) is 7.99. The van der Waals surface area contributed by atoms with Gasteiger partial charge in [0.15, 0.2) is 0 Å². The van der Waals surface area contributed by atoms with E-state index in [2.05, 4.69) is 15.2 Å². The minimum atomic E-state index is -0.474. The molecule has 24 heavy (non-hydrogen) atoms. The standard InChI is InChI=1S/C18H20FN3O2/c1-24-16-6-5-14(19)10-15(16)18(23)21-12-13-4-7-17(20-11-13)22-8-2-3-9-22/h4-7,10-11H,2-3,8-9,12H2,1H3,(H,21,23). The minimum absolute atomic E-state index is 0.180.